The van der Waals surface area contributed by atoms with Crippen molar-refractivity contribution in [1.29, 1.82) is 0 Å². The van der Waals surface area contributed by atoms with Crippen LogP contribution in [-0.4, -0.2) is 117 Å². The summed E-state index contributed by atoms with van der Waals surface area (Å²) in [5.41, 5.74) is 0. The topological polar surface area (TPSA) is 179 Å². The summed E-state index contributed by atoms with van der Waals surface area (Å²) >= 11 is 0. The summed E-state index contributed by atoms with van der Waals surface area (Å²) in [6.07, 6.45) is -13.9. The lowest BCUT2D eigenvalue weighted by Gasteiger charge is -2.42. The largest absolute Gasteiger partial charge is 0.394 e. The van der Waals surface area contributed by atoms with E-state index < -0.39 is 68.0 Å². The maximum atomic E-state index is 9.87. The molecule has 0 aromatic rings. The van der Waals surface area contributed by atoms with Crippen molar-refractivity contribution in [3.05, 3.63) is 0 Å². The summed E-state index contributed by atoms with van der Waals surface area (Å²) in [7, 11) is 1.27. The standard InChI is InChI=1S/C13H24O11/c1-21-11-5(23-12(20)9(18)8(11)17)3-22-13-10(19)7(16)6(15)4(2-14)24-13/h4-20H,2-3H2,1H3/t4-,5-,6-,7+,8-,9+,10+,11-,12+,13+/m1/s1. The van der Waals surface area contributed by atoms with Gasteiger partial charge in [-0.25, -0.2) is 0 Å². The summed E-state index contributed by atoms with van der Waals surface area (Å²) in [5, 5.41) is 67.3. The second kappa shape index (κ2) is 8.29. The molecule has 142 valence electrons. The van der Waals surface area contributed by atoms with Crippen LogP contribution in [0.25, 0.3) is 0 Å². The quantitative estimate of drug-likeness (QED) is 0.251. The van der Waals surface area contributed by atoms with Crippen molar-refractivity contribution in [1.82, 2.24) is 0 Å². The van der Waals surface area contributed by atoms with Crippen molar-refractivity contribution in [2.75, 3.05) is 20.3 Å². The van der Waals surface area contributed by atoms with Crippen LogP contribution in [0.5, 0.6) is 0 Å². The molecule has 11 heteroatoms. The van der Waals surface area contributed by atoms with Gasteiger partial charge in [-0.15, -0.1) is 0 Å². The molecule has 0 aromatic carbocycles. The van der Waals surface area contributed by atoms with Crippen LogP contribution in [0.4, 0.5) is 0 Å². The van der Waals surface area contributed by atoms with Crippen molar-refractivity contribution < 1.29 is 54.7 Å². The van der Waals surface area contributed by atoms with Gasteiger partial charge in [0.05, 0.1) is 13.2 Å². The monoisotopic (exact) mass is 356 g/mol. The van der Waals surface area contributed by atoms with Crippen molar-refractivity contribution in [2.24, 2.45) is 0 Å². The summed E-state index contributed by atoms with van der Waals surface area (Å²) in [4.78, 5) is 0. The molecule has 0 bridgehead atoms. The number of rotatable bonds is 5. The van der Waals surface area contributed by atoms with Gasteiger partial charge in [-0.3, -0.25) is 0 Å². The predicted octanol–water partition coefficient (Wildman–Crippen LogP) is -4.74. The summed E-state index contributed by atoms with van der Waals surface area (Å²) in [6.45, 7) is -0.933. The van der Waals surface area contributed by atoms with E-state index in [2.05, 4.69) is 0 Å². The Balaban J connectivity index is 1.98. The molecule has 11 nitrogen and oxygen atoms in total. The molecule has 0 aliphatic carbocycles. The van der Waals surface area contributed by atoms with Crippen LogP contribution in [-0.2, 0) is 18.9 Å². The Kier molecular flexibility index (Phi) is 6.87. The van der Waals surface area contributed by atoms with E-state index in [0.29, 0.717) is 0 Å². The fraction of sp³-hybridized carbons (Fsp3) is 1.00. The van der Waals surface area contributed by atoms with E-state index in [-0.39, 0.29) is 6.61 Å². The zero-order valence-corrected chi connectivity index (χ0v) is 13.0. The highest BCUT2D eigenvalue weighted by Gasteiger charge is 2.47. The third-order valence-corrected chi connectivity index (χ3v) is 4.20. The molecule has 2 fully saturated rings. The van der Waals surface area contributed by atoms with E-state index in [1.807, 2.05) is 0 Å². The van der Waals surface area contributed by atoms with E-state index in [1.165, 1.54) is 7.11 Å². The number of aliphatic hydroxyl groups is 7. The Morgan fingerprint density at radius 3 is 2.04 bits per heavy atom. The number of aliphatic hydroxyl groups excluding tert-OH is 7. The Bertz CT molecular complexity index is 394. The molecule has 2 aliphatic rings. The Hall–Kier alpha value is -0.440. The van der Waals surface area contributed by atoms with Gasteiger partial charge in [0.25, 0.3) is 0 Å². The van der Waals surface area contributed by atoms with Gasteiger partial charge < -0.3 is 54.7 Å². The third-order valence-electron chi connectivity index (χ3n) is 4.20. The Labute approximate surface area is 137 Å². The minimum Gasteiger partial charge on any atom is -0.394 e. The molecule has 10 atom stereocenters. The van der Waals surface area contributed by atoms with E-state index in [0.717, 1.165) is 0 Å². The van der Waals surface area contributed by atoms with Crippen LogP contribution in [0.1, 0.15) is 0 Å². The summed E-state index contributed by atoms with van der Waals surface area (Å²) in [5.74, 6) is 0. The minimum atomic E-state index is -1.66. The van der Waals surface area contributed by atoms with E-state index >= 15 is 0 Å². The summed E-state index contributed by atoms with van der Waals surface area (Å²) < 4.78 is 20.6. The molecule has 2 rings (SSSR count). The minimum absolute atomic E-state index is 0.331. The fourth-order valence-corrected chi connectivity index (χ4v) is 2.74. The molecule has 2 aliphatic heterocycles. The van der Waals surface area contributed by atoms with Crippen LogP contribution < -0.4 is 0 Å². The van der Waals surface area contributed by atoms with Crippen LogP contribution in [0.3, 0.4) is 0 Å². The average molecular weight is 356 g/mol. The average Bonchev–Trinajstić information content (AvgIpc) is 2.57. The van der Waals surface area contributed by atoms with E-state index in [1.54, 1.807) is 0 Å². The second-order valence-electron chi connectivity index (χ2n) is 5.78. The van der Waals surface area contributed by atoms with Gasteiger partial charge >= 0.3 is 0 Å². The van der Waals surface area contributed by atoms with E-state index in [4.69, 9.17) is 24.1 Å². The first-order valence-electron chi connectivity index (χ1n) is 7.46. The molecule has 7 N–H and O–H groups in total. The molecule has 0 radical (unpaired) electrons. The second-order valence-corrected chi connectivity index (χ2v) is 5.78. The van der Waals surface area contributed by atoms with Gasteiger partial charge in [0.1, 0.15) is 48.8 Å². The first-order chi connectivity index (χ1) is 11.3. The van der Waals surface area contributed by atoms with Gasteiger partial charge in [0, 0.05) is 7.11 Å². The zero-order chi connectivity index (χ0) is 18.0. The van der Waals surface area contributed by atoms with Crippen LogP contribution in [0.15, 0.2) is 0 Å². The molecule has 0 saturated carbocycles. The number of ether oxygens (including phenoxy) is 4. The maximum Gasteiger partial charge on any atom is 0.186 e. The number of hydrogen-bond donors (Lipinski definition) is 7. The molecular formula is C13H24O11. The molecule has 0 spiro atoms. The lowest BCUT2D eigenvalue weighted by molar-refractivity contribution is -0.327. The van der Waals surface area contributed by atoms with Gasteiger partial charge in [-0.05, 0) is 0 Å². The summed E-state index contributed by atoms with van der Waals surface area (Å²) in [6, 6.07) is 0. The lowest BCUT2D eigenvalue weighted by Crippen LogP contribution is -2.61. The highest BCUT2D eigenvalue weighted by atomic mass is 16.7. The molecule has 2 saturated heterocycles. The van der Waals surface area contributed by atoms with Gasteiger partial charge in [0.2, 0.25) is 0 Å². The first kappa shape index (κ1) is 19.9. The molecule has 0 aromatic heterocycles. The van der Waals surface area contributed by atoms with Gasteiger partial charge in [-0.1, -0.05) is 0 Å². The molecule has 0 amide bonds. The zero-order valence-electron chi connectivity index (χ0n) is 13.0. The molecule has 0 unspecified atom stereocenters. The highest BCUT2D eigenvalue weighted by molar-refractivity contribution is 4.91. The first-order valence-corrected chi connectivity index (χ1v) is 7.46. The van der Waals surface area contributed by atoms with Crippen molar-refractivity contribution in [3.8, 4) is 0 Å². The smallest absolute Gasteiger partial charge is 0.186 e. The van der Waals surface area contributed by atoms with Gasteiger partial charge in [-0.2, -0.15) is 0 Å². The van der Waals surface area contributed by atoms with E-state index in [9.17, 15) is 30.6 Å². The Morgan fingerprint density at radius 2 is 1.46 bits per heavy atom. The predicted molar refractivity (Wildman–Crippen MR) is 73.4 cm³/mol. The van der Waals surface area contributed by atoms with Crippen molar-refractivity contribution in [3.63, 3.8) is 0 Å². The van der Waals surface area contributed by atoms with Crippen LogP contribution in [0.2, 0.25) is 0 Å². The van der Waals surface area contributed by atoms with Gasteiger partial charge in [0.15, 0.2) is 12.6 Å². The lowest BCUT2D eigenvalue weighted by atomic mass is 9.98. The van der Waals surface area contributed by atoms with Crippen LogP contribution >= 0.6 is 0 Å². The highest BCUT2D eigenvalue weighted by Crippen LogP contribution is 2.25. The maximum absolute atomic E-state index is 9.87. The molecule has 2 heterocycles. The normalized spacial score (nSPS) is 50.0. The third kappa shape index (κ3) is 3.86. The van der Waals surface area contributed by atoms with Crippen molar-refractivity contribution in [2.45, 2.75) is 61.4 Å². The molecular weight excluding hydrogens is 332 g/mol. The Morgan fingerprint density at radius 1 is 0.792 bits per heavy atom. The van der Waals surface area contributed by atoms with Crippen LogP contribution in [0, 0.1) is 0 Å². The number of hydrogen-bond acceptors (Lipinski definition) is 11. The SMILES string of the molecule is CO[C@H]1[C@H](O)[C@H](O)[C@@H](O)O[C@@H]1CO[C@H]1O[C@H](CO)[C@@H](O)[C@H](O)[C@@H]1O. The van der Waals surface area contributed by atoms with Crippen molar-refractivity contribution >= 4 is 0 Å². The number of methoxy groups -OCH3 is 1. The molecule has 24 heavy (non-hydrogen) atoms. The fourth-order valence-electron chi connectivity index (χ4n) is 2.74.